The number of para-hydroxylation sites is 1. The lowest BCUT2D eigenvalue weighted by atomic mass is 10.2. The van der Waals surface area contributed by atoms with E-state index >= 15 is 0 Å². The fraction of sp³-hybridized carbons (Fsp3) is 0.647. The first-order chi connectivity index (χ1) is 10.3. The standard InChI is InChI=1S/C17H28O4/c1-3-4-9-18-10-11-19-12-13-20-14-15-21-17-8-6-5-7-16(17)2/h5-8H,3-4,9-15H2,1-2H3. The predicted octanol–water partition coefficient (Wildman–Crippen LogP) is 3.22. The molecule has 1 rings (SSSR count). The smallest absolute Gasteiger partial charge is 0.122 e. The van der Waals surface area contributed by atoms with E-state index in [2.05, 4.69) is 6.92 Å². The zero-order chi connectivity index (χ0) is 15.2. The Morgan fingerprint density at radius 1 is 0.762 bits per heavy atom. The van der Waals surface area contributed by atoms with Crippen LogP contribution in [-0.4, -0.2) is 46.2 Å². The van der Waals surface area contributed by atoms with Gasteiger partial charge in [-0.05, 0) is 25.0 Å². The van der Waals surface area contributed by atoms with Gasteiger partial charge in [-0.1, -0.05) is 31.5 Å². The van der Waals surface area contributed by atoms with Gasteiger partial charge in [0.05, 0.1) is 33.0 Å². The average molecular weight is 296 g/mol. The van der Waals surface area contributed by atoms with Crippen LogP contribution < -0.4 is 4.74 Å². The van der Waals surface area contributed by atoms with Crippen molar-refractivity contribution in [2.75, 3.05) is 46.2 Å². The van der Waals surface area contributed by atoms with E-state index in [0.29, 0.717) is 39.6 Å². The molecule has 4 nitrogen and oxygen atoms in total. The highest BCUT2D eigenvalue weighted by Crippen LogP contribution is 2.15. The van der Waals surface area contributed by atoms with Gasteiger partial charge < -0.3 is 18.9 Å². The summed E-state index contributed by atoms with van der Waals surface area (Å²) < 4.78 is 21.9. The molecule has 0 N–H and O–H groups in total. The van der Waals surface area contributed by atoms with Crippen molar-refractivity contribution in [3.05, 3.63) is 29.8 Å². The number of hydrogen-bond donors (Lipinski definition) is 0. The number of hydrogen-bond acceptors (Lipinski definition) is 4. The van der Waals surface area contributed by atoms with Gasteiger partial charge >= 0.3 is 0 Å². The van der Waals surface area contributed by atoms with Crippen LogP contribution in [0.15, 0.2) is 24.3 Å². The molecule has 120 valence electrons. The van der Waals surface area contributed by atoms with Crippen LogP contribution in [0.3, 0.4) is 0 Å². The van der Waals surface area contributed by atoms with E-state index in [4.69, 9.17) is 18.9 Å². The molecule has 0 saturated carbocycles. The molecule has 4 heteroatoms. The summed E-state index contributed by atoms with van der Waals surface area (Å²) in [5.41, 5.74) is 1.14. The molecular formula is C17H28O4. The van der Waals surface area contributed by atoms with E-state index in [-0.39, 0.29) is 0 Å². The van der Waals surface area contributed by atoms with Crippen LogP contribution >= 0.6 is 0 Å². The van der Waals surface area contributed by atoms with Crippen molar-refractivity contribution in [3.8, 4) is 5.75 Å². The minimum atomic E-state index is 0.560. The molecule has 0 fully saturated rings. The summed E-state index contributed by atoms with van der Waals surface area (Å²) in [6.07, 6.45) is 2.28. The Bertz CT molecular complexity index is 354. The summed E-state index contributed by atoms with van der Waals surface area (Å²) in [7, 11) is 0. The lowest BCUT2D eigenvalue weighted by molar-refractivity contribution is 0.00892. The SMILES string of the molecule is CCCCOCCOCCOCCOc1ccccc1C. The fourth-order valence-corrected chi connectivity index (χ4v) is 1.72. The highest BCUT2D eigenvalue weighted by atomic mass is 16.6. The van der Waals surface area contributed by atoms with E-state index < -0.39 is 0 Å². The van der Waals surface area contributed by atoms with Crippen molar-refractivity contribution in [2.24, 2.45) is 0 Å². The Morgan fingerprint density at radius 2 is 1.33 bits per heavy atom. The summed E-state index contributed by atoms with van der Waals surface area (Å²) >= 11 is 0. The highest BCUT2D eigenvalue weighted by Gasteiger charge is 1.97. The lowest BCUT2D eigenvalue weighted by Gasteiger charge is -2.09. The summed E-state index contributed by atoms with van der Waals surface area (Å²) in [5.74, 6) is 0.918. The van der Waals surface area contributed by atoms with Crippen molar-refractivity contribution in [3.63, 3.8) is 0 Å². The summed E-state index contributed by atoms with van der Waals surface area (Å²) in [4.78, 5) is 0. The first-order valence-corrected chi connectivity index (χ1v) is 7.76. The maximum absolute atomic E-state index is 5.63. The lowest BCUT2D eigenvalue weighted by Crippen LogP contribution is -2.13. The number of ether oxygens (including phenoxy) is 4. The van der Waals surface area contributed by atoms with Crippen molar-refractivity contribution >= 4 is 0 Å². The monoisotopic (exact) mass is 296 g/mol. The normalized spacial score (nSPS) is 10.8. The van der Waals surface area contributed by atoms with Gasteiger partial charge in [-0.3, -0.25) is 0 Å². The van der Waals surface area contributed by atoms with E-state index in [9.17, 15) is 0 Å². The molecule has 0 aliphatic carbocycles. The Kier molecular flexibility index (Phi) is 10.8. The first kappa shape index (κ1) is 18.0. The molecule has 0 radical (unpaired) electrons. The highest BCUT2D eigenvalue weighted by molar-refractivity contribution is 5.31. The molecule has 1 aromatic carbocycles. The molecule has 0 aromatic heterocycles. The number of aryl methyl sites for hydroxylation is 1. The molecule has 0 spiro atoms. The van der Waals surface area contributed by atoms with Crippen LogP contribution in [0.1, 0.15) is 25.3 Å². The van der Waals surface area contributed by atoms with Gasteiger partial charge in [0.2, 0.25) is 0 Å². The third kappa shape index (κ3) is 9.45. The van der Waals surface area contributed by atoms with Crippen LogP contribution in [0.2, 0.25) is 0 Å². The average Bonchev–Trinajstić information content (AvgIpc) is 2.50. The molecular weight excluding hydrogens is 268 g/mol. The quantitative estimate of drug-likeness (QED) is 0.524. The minimum Gasteiger partial charge on any atom is -0.491 e. The van der Waals surface area contributed by atoms with Crippen molar-refractivity contribution < 1.29 is 18.9 Å². The molecule has 0 saturated heterocycles. The van der Waals surface area contributed by atoms with Gasteiger partial charge in [-0.15, -0.1) is 0 Å². The molecule has 0 aliphatic rings. The van der Waals surface area contributed by atoms with Gasteiger partial charge in [0.15, 0.2) is 0 Å². The topological polar surface area (TPSA) is 36.9 Å². The second-order valence-corrected chi connectivity index (χ2v) is 4.80. The zero-order valence-corrected chi connectivity index (χ0v) is 13.3. The van der Waals surface area contributed by atoms with Crippen molar-refractivity contribution in [1.82, 2.24) is 0 Å². The van der Waals surface area contributed by atoms with E-state index in [0.717, 1.165) is 24.3 Å². The number of unbranched alkanes of at least 4 members (excludes halogenated alkanes) is 1. The van der Waals surface area contributed by atoms with Gasteiger partial charge in [0.1, 0.15) is 12.4 Å². The van der Waals surface area contributed by atoms with Crippen LogP contribution in [0.25, 0.3) is 0 Å². The number of benzene rings is 1. The number of rotatable bonds is 13. The Labute approximate surface area is 128 Å². The minimum absolute atomic E-state index is 0.560. The zero-order valence-electron chi connectivity index (χ0n) is 13.3. The first-order valence-electron chi connectivity index (χ1n) is 7.76. The molecule has 1 aromatic rings. The third-order valence-electron chi connectivity index (χ3n) is 2.97. The Balaban J connectivity index is 1.84. The molecule has 0 atom stereocenters. The van der Waals surface area contributed by atoms with E-state index in [1.807, 2.05) is 31.2 Å². The van der Waals surface area contributed by atoms with Gasteiger partial charge in [0, 0.05) is 6.61 Å². The Hall–Kier alpha value is -1.10. The molecule has 0 heterocycles. The van der Waals surface area contributed by atoms with Gasteiger partial charge in [0.25, 0.3) is 0 Å². The molecule has 0 bridgehead atoms. The molecule has 0 amide bonds. The van der Waals surface area contributed by atoms with Gasteiger partial charge in [-0.2, -0.15) is 0 Å². The summed E-state index contributed by atoms with van der Waals surface area (Å²) in [6.45, 7) is 8.63. The third-order valence-corrected chi connectivity index (χ3v) is 2.97. The maximum atomic E-state index is 5.63. The van der Waals surface area contributed by atoms with Crippen molar-refractivity contribution in [1.29, 1.82) is 0 Å². The second kappa shape index (κ2) is 12.6. The van der Waals surface area contributed by atoms with Crippen LogP contribution in [0.5, 0.6) is 5.75 Å². The summed E-state index contributed by atoms with van der Waals surface area (Å²) in [6, 6.07) is 7.98. The van der Waals surface area contributed by atoms with Crippen molar-refractivity contribution in [2.45, 2.75) is 26.7 Å². The Morgan fingerprint density at radius 3 is 1.95 bits per heavy atom. The van der Waals surface area contributed by atoms with E-state index in [1.165, 1.54) is 6.42 Å². The van der Waals surface area contributed by atoms with Crippen LogP contribution in [0, 0.1) is 6.92 Å². The summed E-state index contributed by atoms with van der Waals surface area (Å²) in [5, 5.41) is 0. The molecule has 0 aliphatic heterocycles. The maximum Gasteiger partial charge on any atom is 0.122 e. The largest absolute Gasteiger partial charge is 0.491 e. The predicted molar refractivity (Wildman–Crippen MR) is 84.0 cm³/mol. The van der Waals surface area contributed by atoms with E-state index in [1.54, 1.807) is 0 Å². The fourth-order valence-electron chi connectivity index (χ4n) is 1.72. The van der Waals surface area contributed by atoms with Crippen LogP contribution in [-0.2, 0) is 14.2 Å². The molecule has 0 unspecified atom stereocenters. The second-order valence-electron chi connectivity index (χ2n) is 4.80. The van der Waals surface area contributed by atoms with Crippen LogP contribution in [0.4, 0.5) is 0 Å². The van der Waals surface area contributed by atoms with Gasteiger partial charge in [-0.25, -0.2) is 0 Å². The molecule has 21 heavy (non-hydrogen) atoms.